The Morgan fingerprint density at radius 1 is 1.50 bits per heavy atom. The molecule has 0 saturated carbocycles. The highest BCUT2D eigenvalue weighted by Gasteiger charge is 2.23. The third-order valence-corrected chi connectivity index (χ3v) is 3.01. The summed E-state index contributed by atoms with van der Waals surface area (Å²) in [6.45, 7) is 5.86. The van der Waals surface area contributed by atoms with Gasteiger partial charge in [0.15, 0.2) is 0 Å². The molecule has 1 unspecified atom stereocenters. The molecule has 1 aliphatic heterocycles. The maximum atomic E-state index is 13.7. The summed E-state index contributed by atoms with van der Waals surface area (Å²) in [5.41, 5.74) is 0.998. The van der Waals surface area contributed by atoms with E-state index in [0.29, 0.717) is 13.1 Å². The van der Waals surface area contributed by atoms with E-state index in [2.05, 4.69) is 5.32 Å². The molecular formula is C13H18ClFN2O. The lowest BCUT2D eigenvalue weighted by molar-refractivity contribution is 0.0704. The van der Waals surface area contributed by atoms with Crippen molar-refractivity contribution in [3.8, 4) is 0 Å². The van der Waals surface area contributed by atoms with Crippen LogP contribution < -0.4 is 5.32 Å². The van der Waals surface area contributed by atoms with E-state index in [1.807, 2.05) is 13.8 Å². The molecule has 1 N–H and O–H groups in total. The number of amides is 1. The van der Waals surface area contributed by atoms with Crippen LogP contribution in [0, 0.1) is 12.7 Å². The van der Waals surface area contributed by atoms with Gasteiger partial charge in [-0.2, -0.15) is 0 Å². The van der Waals surface area contributed by atoms with E-state index in [1.165, 1.54) is 6.07 Å². The zero-order valence-electron chi connectivity index (χ0n) is 10.6. The van der Waals surface area contributed by atoms with Gasteiger partial charge in [0.25, 0.3) is 5.91 Å². The van der Waals surface area contributed by atoms with Crippen molar-refractivity contribution >= 4 is 18.3 Å². The molecule has 100 valence electrons. The normalized spacial score (nSPS) is 19.3. The Kier molecular flexibility index (Phi) is 5.11. The second-order valence-corrected chi connectivity index (χ2v) is 4.59. The molecule has 1 amide bonds. The summed E-state index contributed by atoms with van der Waals surface area (Å²) >= 11 is 0. The average molecular weight is 273 g/mol. The standard InChI is InChI=1S/C13H17FN2O.ClH/c1-9-3-4-11(12(14)7-9)13(17)16-6-5-15-10(2)8-16;/h3-4,7,10,15H,5-6,8H2,1-2H3;1H. The second-order valence-electron chi connectivity index (χ2n) is 4.59. The number of benzene rings is 1. The number of halogens is 2. The number of piperazine rings is 1. The Hall–Kier alpha value is -1.13. The van der Waals surface area contributed by atoms with Crippen LogP contribution in [-0.4, -0.2) is 36.5 Å². The van der Waals surface area contributed by atoms with E-state index in [1.54, 1.807) is 17.0 Å². The number of rotatable bonds is 1. The molecule has 0 aromatic heterocycles. The summed E-state index contributed by atoms with van der Waals surface area (Å²) < 4.78 is 13.7. The molecule has 1 aromatic rings. The highest BCUT2D eigenvalue weighted by atomic mass is 35.5. The zero-order valence-corrected chi connectivity index (χ0v) is 11.4. The molecular weight excluding hydrogens is 255 g/mol. The van der Waals surface area contributed by atoms with Gasteiger partial charge >= 0.3 is 0 Å². The third-order valence-electron chi connectivity index (χ3n) is 3.01. The van der Waals surface area contributed by atoms with Crippen molar-refractivity contribution in [3.63, 3.8) is 0 Å². The number of nitrogens with one attached hydrogen (secondary N) is 1. The topological polar surface area (TPSA) is 32.3 Å². The van der Waals surface area contributed by atoms with Crippen LogP contribution in [0.4, 0.5) is 4.39 Å². The fourth-order valence-corrected chi connectivity index (χ4v) is 2.08. The number of hydrogen-bond donors (Lipinski definition) is 1. The molecule has 1 atom stereocenters. The fraction of sp³-hybridized carbons (Fsp3) is 0.462. The number of carbonyl (C=O) groups excluding carboxylic acids is 1. The zero-order chi connectivity index (χ0) is 12.4. The van der Waals surface area contributed by atoms with Crippen LogP contribution in [0.25, 0.3) is 0 Å². The monoisotopic (exact) mass is 272 g/mol. The molecule has 18 heavy (non-hydrogen) atoms. The third kappa shape index (κ3) is 3.21. The Balaban J connectivity index is 0.00000162. The van der Waals surface area contributed by atoms with Crippen molar-refractivity contribution in [3.05, 3.63) is 35.1 Å². The number of nitrogens with zero attached hydrogens (tertiary/aromatic N) is 1. The fourth-order valence-electron chi connectivity index (χ4n) is 2.08. The number of hydrogen-bond acceptors (Lipinski definition) is 2. The summed E-state index contributed by atoms with van der Waals surface area (Å²) in [7, 11) is 0. The van der Waals surface area contributed by atoms with Gasteiger partial charge in [0.1, 0.15) is 5.82 Å². The van der Waals surface area contributed by atoms with Crippen LogP contribution in [0.1, 0.15) is 22.8 Å². The minimum absolute atomic E-state index is 0. The first-order valence-electron chi connectivity index (χ1n) is 5.87. The SMILES string of the molecule is Cc1ccc(C(=O)N2CCNC(C)C2)c(F)c1.Cl. The maximum Gasteiger partial charge on any atom is 0.256 e. The Bertz CT molecular complexity index is 439. The highest BCUT2D eigenvalue weighted by Crippen LogP contribution is 2.13. The van der Waals surface area contributed by atoms with Crippen LogP contribution >= 0.6 is 12.4 Å². The van der Waals surface area contributed by atoms with Gasteiger partial charge in [-0.3, -0.25) is 4.79 Å². The van der Waals surface area contributed by atoms with Crippen molar-refractivity contribution in [2.75, 3.05) is 19.6 Å². The highest BCUT2D eigenvalue weighted by molar-refractivity contribution is 5.94. The predicted molar refractivity (Wildman–Crippen MR) is 71.8 cm³/mol. The quantitative estimate of drug-likeness (QED) is 0.848. The van der Waals surface area contributed by atoms with E-state index in [-0.39, 0.29) is 29.9 Å². The van der Waals surface area contributed by atoms with E-state index in [4.69, 9.17) is 0 Å². The van der Waals surface area contributed by atoms with Gasteiger partial charge in [-0.1, -0.05) is 6.07 Å². The van der Waals surface area contributed by atoms with E-state index in [0.717, 1.165) is 12.1 Å². The molecule has 0 bridgehead atoms. The molecule has 0 radical (unpaired) electrons. The second kappa shape index (κ2) is 6.16. The molecule has 1 fully saturated rings. The maximum absolute atomic E-state index is 13.7. The van der Waals surface area contributed by atoms with E-state index in [9.17, 15) is 9.18 Å². The molecule has 1 aromatic carbocycles. The first-order chi connectivity index (χ1) is 8.08. The number of carbonyl (C=O) groups is 1. The van der Waals surface area contributed by atoms with Gasteiger partial charge in [0.05, 0.1) is 5.56 Å². The van der Waals surface area contributed by atoms with Crippen LogP contribution in [0.5, 0.6) is 0 Å². The Labute approximate surface area is 113 Å². The summed E-state index contributed by atoms with van der Waals surface area (Å²) in [6, 6.07) is 5.00. The first-order valence-corrected chi connectivity index (χ1v) is 5.87. The first kappa shape index (κ1) is 14.9. The lowest BCUT2D eigenvalue weighted by Gasteiger charge is -2.32. The van der Waals surface area contributed by atoms with Gasteiger partial charge < -0.3 is 10.2 Å². The van der Waals surface area contributed by atoms with E-state index >= 15 is 0 Å². The number of aryl methyl sites for hydroxylation is 1. The van der Waals surface area contributed by atoms with E-state index < -0.39 is 5.82 Å². The summed E-state index contributed by atoms with van der Waals surface area (Å²) in [5.74, 6) is -0.642. The van der Waals surface area contributed by atoms with Gasteiger partial charge in [-0.15, -0.1) is 12.4 Å². The van der Waals surface area contributed by atoms with Gasteiger partial charge in [0.2, 0.25) is 0 Å². The predicted octanol–water partition coefficient (Wildman–Crippen LogP) is 1.99. The Morgan fingerprint density at radius 3 is 2.83 bits per heavy atom. The smallest absolute Gasteiger partial charge is 0.256 e. The van der Waals surface area contributed by atoms with Crippen LogP contribution in [-0.2, 0) is 0 Å². The minimum Gasteiger partial charge on any atom is -0.336 e. The van der Waals surface area contributed by atoms with Gasteiger partial charge in [0, 0.05) is 25.7 Å². The molecule has 2 rings (SSSR count). The summed E-state index contributed by atoms with van der Waals surface area (Å²) in [6.07, 6.45) is 0. The van der Waals surface area contributed by atoms with Crippen LogP contribution in [0.15, 0.2) is 18.2 Å². The van der Waals surface area contributed by atoms with Crippen molar-refractivity contribution in [2.24, 2.45) is 0 Å². The lowest BCUT2D eigenvalue weighted by atomic mass is 10.1. The average Bonchev–Trinajstić information content (AvgIpc) is 2.28. The molecule has 1 saturated heterocycles. The molecule has 3 nitrogen and oxygen atoms in total. The summed E-state index contributed by atoms with van der Waals surface area (Å²) in [5, 5.41) is 3.25. The van der Waals surface area contributed by atoms with Crippen molar-refractivity contribution < 1.29 is 9.18 Å². The van der Waals surface area contributed by atoms with Crippen LogP contribution in [0.3, 0.4) is 0 Å². The molecule has 1 aliphatic rings. The van der Waals surface area contributed by atoms with Crippen molar-refractivity contribution in [1.29, 1.82) is 0 Å². The Morgan fingerprint density at radius 2 is 2.22 bits per heavy atom. The molecule has 5 heteroatoms. The van der Waals surface area contributed by atoms with Crippen molar-refractivity contribution in [1.82, 2.24) is 10.2 Å². The summed E-state index contributed by atoms with van der Waals surface area (Å²) in [4.78, 5) is 13.8. The lowest BCUT2D eigenvalue weighted by Crippen LogP contribution is -2.51. The van der Waals surface area contributed by atoms with Gasteiger partial charge in [-0.05, 0) is 31.5 Å². The van der Waals surface area contributed by atoms with Crippen LogP contribution in [0.2, 0.25) is 0 Å². The molecule has 1 heterocycles. The molecule has 0 spiro atoms. The van der Waals surface area contributed by atoms with Crippen molar-refractivity contribution in [2.45, 2.75) is 19.9 Å². The largest absolute Gasteiger partial charge is 0.336 e. The van der Waals surface area contributed by atoms with Gasteiger partial charge in [-0.25, -0.2) is 4.39 Å². The molecule has 0 aliphatic carbocycles. The minimum atomic E-state index is -0.429.